The van der Waals surface area contributed by atoms with Crippen molar-refractivity contribution in [2.75, 3.05) is 6.54 Å². The Labute approximate surface area is 97.3 Å². The van der Waals surface area contributed by atoms with Crippen LogP contribution >= 0.6 is 0 Å². The zero-order valence-corrected chi connectivity index (χ0v) is 8.67. The van der Waals surface area contributed by atoms with Crippen LogP contribution in [0.2, 0.25) is 0 Å². The number of nitro groups is 1. The number of nitrogens with zero attached hydrogens (tertiary/aromatic N) is 1. The highest BCUT2D eigenvalue weighted by Gasteiger charge is 2.40. The molecule has 0 fully saturated rings. The van der Waals surface area contributed by atoms with Gasteiger partial charge in [-0.2, -0.15) is 22.0 Å². The summed E-state index contributed by atoms with van der Waals surface area (Å²) in [4.78, 5) is 9.23. The molecule has 0 aliphatic carbocycles. The van der Waals surface area contributed by atoms with E-state index in [1.54, 1.807) is 0 Å². The monoisotopic (exact) mass is 270 g/mol. The van der Waals surface area contributed by atoms with Gasteiger partial charge in [0.15, 0.2) is 0 Å². The number of hydrogen-bond acceptors (Lipinski definition) is 3. The summed E-state index contributed by atoms with van der Waals surface area (Å²) in [5, 5.41) is 10.5. The van der Waals surface area contributed by atoms with E-state index in [1.165, 1.54) is 0 Å². The second kappa shape index (κ2) is 4.48. The zero-order valence-electron chi connectivity index (χ0n) is 8.67. The molecule has 0 heterocycles. The maximum Gasteiger partial charge on any atom is 0.416 e. The van der Waals surface area contributed by atoms with Crippen molar-refractivity contribution in [3.8, 4) is 0 Å². The molecule has 1 rings (SSSR count). The standard InChI is InChI=1S/C9H7F5N2O2/c10-8(11,4-15)6-2-1-5(9(12,13)14)3-7(6)16(17)18/h1-3H,4,15H2. The highest BCUT2D eigenvalue weighted by Crippen LogP contribution is 2.38. The molecule has 9 heteroatoms. The van der Waals surface area contributed by atoms with Gasteiger partial charge in [-0.15, -0.1) is 0 Å². The quantitative estimate of drug-likeness (QED) is 0.521. The second-order valence-corrected chi connectivity index (χ2v) is 3.40. The molecule has 0 radical (unpaired) electrons. The Kier molecular flexibility index (Phi) is 3.56. The molecular weight excluding hydrogens is 263 g/mol. The van der Waals surface area contributed by atoms with Crippen molar-refractivity contribution in [3.63, 3.8) is 0 Å². The van der Waals surface area contributed by atoms with Gasteiger partial charge in [0.1, 0.15) is 0 Å². The van der Waals surface area contributed by atoms with Crippen molar-refractivity contribution >= 4 is 5.69 Å². The lowest BCUT2D eigenvalue weighted by Crippen LogP contribution is -2.26. The molecule has 2 N–H and O–H groups in total. The van der Waals surface area contributed by atoms with Crippen molar-refractivity contribution < 1.29 is 26.9 Å². The predicted molar refractivity (Wildman–Crippen MR) is 51.0 cm³/mol. The molecule has 0 saturated carbocycles. The molecule has 0 aromatic heterocycles. The van der Waals surface area contributed by atoms with E-state index in [0.29, 0.717) is 12.1 Å². The Morgan fingerprint density at radius 1 is 1.22 bits per heavy atom. The van der Waals surface area contributed by atoms with Gasteiger partial charge in [0.2, 0.25) is 0 Å². The van der Waals surface area contributed by atoms with E-state index >= 15 is 0 Å². The second-order valence-electron chi connectivity index (χ2n) is 3.40. The minimum absolute atomic E-state index is 0.0684. The Morgan fingerprint density at radius 2 is 1.78 bits per heavy atom. The molecular formula is C9H7F5N2O2. The van der Waals surface area contributed by atoms with E-state index in [1.807, 2.05) is 0 Å². The van der Waals surface area contributed by atoms with Gasteiger partial charge in [0, 0.05) is 6.07 Å². The number of alkyl halides is 5. The van der Waals surface area contributed by atoms with Gasteiger partial charge < -0.3 is 5.73 Å². The fraction of sp³-hybridized carbons (Fsp3) is 0.333. The summed E-state index contributed by atoms with van der Waals surface area (Å²) >= 11 is 0. The normalized spacial score (nSPS) is 12.6. The molecule has 0 aliphatic rings. The van der Waals surface area contributed by atoms with Gasteiger partial charge >= 0.3 is 6.18 Å². The van der Waals surface area contributed by atoms with Crippen molar-refractivity contribution in [1.82, 2.24) is 0 Å². The van der Waals surface area contributed by atoms with Crippen LogP contribution in [0.15, 0.2) is 18.2 Å². The van der Waals surface area contributed by atoms with E-state index in [-0.39, 0.29) is 6.07 Å². The number of nitro benzene ring substituents is 1. The fourth-order valence-electron chi connectivity index (χ4n) is 1.28. The van der Waals surface area contributed by atoms with E-state index in [2.05, 4.69) is 0 Å². The first kappa shape index (κ1) is 14.3. The minimum atomic E-state index is -4.85. The topological polar surface area (TPSA) is 69.2 Å². The smallest absolute Gasteiger partial charge is 0.325 e. The highest BCUT2D eigenvalue weighted by atomic mass is 19.4. The summed E-state index contributed by atoms with van der Waals surface area (Å²) in [7, 11) is 0. The average Bonchev–Trinajstić information content (AvgIpc) is 2.27. The number of benzene rings is 1. The summed E-state index contributed by atoms with van der Waals surface area (Å²) in [6.45, 7) is -1.24. The lowest BCUT2D eigenvalue weighted by molar-refractivity contribution is -0.387. The molecule has 100 valence electrons. The lowest BCUT2D eigenvalue weighted by Gasteiger charge is -2.15. The van der Waals surface area contributed by atoms with Gasteiger partial charge in [-0.25, -0.2) is 0 Å². The van der Waals surface area contributed by atoms with Crippen LogP contribution in [-0.4, -0.2) is 11.5 Å². The first-order valence-electron chi connectivity index (χ1n) is 4.53. The van der Waals surface area contributed by atoms with Crippen LogP contribution in [0.3, 0.4) is 0 Å². The number of halogens is 5. The molecule has 1 aromatic carbocycles. The summed E-state index contributed by atoms with van der Waals surface area (Å²) in [5.74, 6) is -3.76. The summed E-state index contributed by atoms with van der Waals surface area (Å²) in [6, 6.07) is 0.790. The van der Waals surface area contributed by atoms with E-state index in [9.17, 15) is 32.1 Å². The number of rotatable bonds is 3. The van der Waals surface area contributed by atoms with Gasteiger partial charge in [0.05, 0.1) is 22.6 Å². The maximum absolute atomic E-state index is 13.2. The molecule has 0 unspecified atom stereocenters. The van der Waals surface area contributed by atoms with Gasteiger partial charge in [-0.05, 0) is 12.1 Å². The van der Waals surface area contributed by atoms with Gasteiger partial charge in [-0.3, -0.25) is 10.1 Å². The third kappa shape index (κ3) is 2.73. The minimum Gasteiger partial charge on any atom is -0.325 e. The first-order valence-corrected chi connectivity index (χ1v) is 4.53. The van der Waals surface area contributed by atoms with Crippen molar-refractivity contribution in [1.29, 1.82) is 0 Å². The largest absolute Gasteiger partial charge is 0.416 e. The summed E-state index contributed by atoms with van der Waals surface area (Å²) in [6.07, 6.45) is -4.85. The molecule has 4 nitrogen and oxygen atoms in total. The third-order valence-corrected chi connectivity index (χ3v) is 2.17. The van der Waals surface area contributed by atoms with Crippen molar-refractivity contribution in [3.05, 3.63) is 39.4 Å². The number of hydrogen-bond donors (Lipinski definition) is 1. The van der Waals surface area contributed by atoms with Crippen LogP contribution in [0, 0.1) is 10.1 Å². The molecule has 18 heavy (non-hydrogen) atoms. The maximum atomic E-state index is 13.2. The van der Waals surface area contributed by atoms with Crippen LogP contribution in [0.5, 0.6) is 0 Å². The van der Waals surface area contributed by atoms with Crippen LogP contribution in [0.1, 0.15) is 11.1 Å². The highest BCUT2D eigenvalue weighted by molar-refractivity contribution is 5.46. The average molecular weight is 270 g/mol. The van der Waals surface area contributed by atoms with Crippen LogP contribution in [0.4, 0.5) is 27.6 Å². The Hall–Kier alpha value is -1.77. The Morgan fingerprint density at radius 3 is 2.17 bits per heavy atom. The van der Waals surface area contributed by atoms with Crippen molar-refractivity contribution in [2.45, 2.75) is 12.1 Å². The molecule has 1 aromatic rings. The summed E-state index contributed by atoms with van der Waals surface area (Å²) < 4.78 is 63.4. The van der Waals surface area contributed by atoms with Crippen LogP contribution in [-0.2, 0) is 12.1 Å². The Balaban J connectivity index is 3.44. The summed E-state index contributed by atoms with van der Waals surface area (Å²) in [5.41, 5.74) is 0.925. The molecule has 0 bridgehead atoms. The van der Waals surface area contributed by atoms with Crippen LogP contribution < -0.4 is 5.73 Å². The first-order chi connectivity index (χ1) is 8.09. The predicted octanol–water partition coefficient (Wildman–Crippen LogP) is 2.66. The van der Waals surface area contributed by atoms with Gasteiger partial charge in [-0.1, -0.05) is 0 Å². The molecule has 0 saturated heterocycles. The lowest BCUT2D eigenvalue weighted by atomic mass is 10.0. The van der Waals surface area contributed by atoms with E-state index in [0.717, 1.165) is 0 Å². The zero-order chi connectivity index (χ0) is 14.1. The molecule has 0 aliphatic heterocycles. The molecule has 0 amide bonds. The SMILES string of the molecule is NCC(F)(F)c1ccc(C(F)(F)F)cc1[N+](=O)[O-]. The van der Waals surface area contributed by atoms with Crippen LogP contribution in [0.25, 0.3) is 0 Å². The van der Waals surface area contributed by atoms with E-state index in [4.69, 9.17) is 5.73 Å². The number of nitrogens with two attached hydrogens (primary N) is 1. The fourth-order valence-corrected chi connectivity index (χ4v) is 1.28. The van der Waals surface area contributed by atoms with Gasteiger partial charge in [0.25, 0.3) is 11.6 Å². The molecule has 0 spiro atoms. The molecule has 0 atom stereocenters. The van der Waals surface area contributed by atoms with E-state index < -0.39 is 40.4 Å². The third-order valence-electron chi connectivity index (χ3n) is 2.17. The Bertz CT molecular complexity index is 473. The van der Waals surface area contributed by atoms with Crippen molar-refractivity contribution in [2.24, 2.45) is 5.73 Å².